The summed E-state index contributed by atoms with van der Waals surface area (Å²) >= 11 is 0. The summed E-state index contributed by atoms with van der Waals surface area (Å²) < 4.78 is 11.2. The van der Waals surface area contributed by atoms with E-state index in [1.165, 1.54) is 57.6 Å². The molecule has 1 saturated carbocycles. The second-order valence-corrected chi connectivity index (χ2v) is 21.9. The highest BCUT2D eigenvalue weighted by Gasteiger charge is 2.36. The molecule has 10 nitrogen and oxygen atoms in total. The van der Waals surface area contributed by atoms with Crippen molar-refractivity contribution in [2.24, 2.45) is 17.8 Å². The van der Waals surface area contributed by atoms with Crippen LogP contribution in [0.15, 0.2) is 36.4 Å². The molecule has 3 aromatic heterocycles. The molecule has 0 radical (unpaired) electrons. The van der Waals surface area contributed by atoms with Crippen molar-refractivity contribution in [1.29, 1.82) is 0 Å². The van der Waals surface area contributed by atoms with Gasteiger partial charge in [0.25, 0.3) is 5.91 Å². The lowest BCUT2D eigenvalue weighted by molar-refractivity contribution is -0.143. The van der Waals surface area contributed by atoms with E-state index in [4.69, 9.17) is 19.4 Å². The Labute approximate surface area is 425 Å². The number of rotatable bonds is 23. The van der Waals surface area contributed by atoms with E-state index in [1.807, 2.05) is 25.1 Å². The molecule has 2 aliphatic heterocycles. The molecule has 8 bridgehead atoms. The number of amides is 1. The van der Waals surface area contributed by atoms with Crippen LogP contribution < -0.4 is 5.32 Å². The number of esters is 2. The van der Waals surface area contributed by atoms with Crippen molar-refractivity contribution in [1.82, 2.24) is 25.3 Å². The maximum atomic E-state index is 14.7. The van der Waals surface area contributed by atoms with E-state index in [0.717, 1.165) is 119 Å². The molecule has 4 atom stereocenters. The number of fused-ring (bicyclic) bond motifs is 8. The van der Waals surface area contributed by atoms with Crippen LogP contribution in [0.1, 0.15) is 221 Å². The van der Waals surface area contributed by atoms with E-state index in [1.54, 1.807) is 0 Å². The van der Waals surface area contributed by atoms with Crippen molar-refractivity contribution >= 4 is 57.1 Å². The van der Waals surface area contributed by atoms with E-state index in [2.05, 4.69) is 96.3 Å². The third-order valence-corrected chi connectivity index (χ3v) is 15.9. The van der Waals surface area contributed by atoms with Crippen molar-refractivity contribution in [2.45, 2.75) is 203 Å². The molecule has 386 valence electrons. The monoisotopic (exact) mass is 970 g/mol. The molecule has 5 heterocycles. The lowest BCUT2D eigenvalue weighted by Gasteiger charge is -2.23. The van der Waals surface area contributed by atoms with E-state index < -0.39 is 5.97 Å². The van der Waals surface area contributed by atoms with Gasteiger partial charge in [-0.15, -0.1) is 0 Å². The van der Waals surface area contributed by atoms with Gasteiger partial charge in [0.1, 0.15) is 6.61 Å². The van der Waals surface area contributed by atoms with Crippen LogP contribution in [0.3, 0.4) is 0 Å². The number of H-pyrrole nitrogens is 2. The minimum Gasteiger partial charge on any atom is -0.469 e. The van der Waals surface area contributed by atoms with Crippen molar-refractivity contribution in [2.75, 3.05) is 13.7 Å². The van der Waals surface area contributed by atoms with E-state index in [-0.39, 0.29) is 49.2 Å². The lowest BCUT2D eigenvalue weighted by atomic mass is 9.84. The fraction of sp³-hybridized carbons (Fsp3) is 0.590. The fourth-order valence-electron chi connectivity index (χ4n) is 11.3. The highest BCUT2D eigenvalue weighted by atomic mass is 16.5. The highest BCUT2D eigenvalue weighted by Crippen LogP contribution is 2.44. The van der Waals surface area contributed by atoms with Crippen LogP contribution in [0.25, 0.3) is 39.3 Å². The first-order valence-corrected chi connectivity index (χ1v) is 27.3. The van der Waals surface area contributed by atoms with Crippen LogP contribution in [0.5, 0.6) is 0 Å². The number of methoxy groups -OCH3 is 1. The maximum absolute atomic E-state index is 14.7. The van der Waals surface area contributed by atoms with Crippen molar-refractivity contribution < 1.29 is 23.9 Å². The number of aromatic amines is 2. The maximum Gasteiger partial charge on any atom is 0.310 e. The number of carbonyl (C=O) groups is 3. The fourth-order valence-corrected chi connectivity index (χ4v) is 11.3. The topological polar surface area (TPSA) is 139 Å². The first-order chi connectivity index (χ1) is 34.0. The zero-order chi connectivity index (χ0) is 51.4. The molecule has 3 aromatic rings. The van der Waals surface area contributed by atoms with Crippen molar-refractivity contribution in [3.63, 3.8) is 0 Å². The molecule has 0 aromatic carbocycles. The number of ether oxygens (including phenoxy) is 2. The summed E-state index contributed by atoms with van der Waals surface area (Å²) in [5.74, 6) is 0.914. The summed E-state index contributed by atoms with van der Waals surface area (Å²) in [4.78, 5) is 60.0. The number of aryl methyl sites for hydroxylation is 3. The zero-order valence-electron chi connectivity index (χ0n) is 45.4. The van der Waals surface area contributed by atoms with Gasteiger partial charge in [-0.05, 0) is 131 Å². The molecule has 10 heteroatoms. The molecular weight excluding hydrogens is 883 g/mol. The molecule has 6 rings (SSSR count). The van der Waals surface area contributed by atoms with Crippen LogP contribution in [-0.4, -0.2) is 57.5 Å². The summed E-state index contributed by atoms with van der Waals surface area (Å²) in [6, 6.07) is 6.31. The quantitative estimate of drug-likeness (QED) is 0.0635. The Morgan fingerprint density at radius 1 is 0.817 bits per heavy atom. The summed E-state index contributed by atoms with van der Waals surface area (Å²) in [6.45, 7) is 26.4. The van der Waals surface area contributed by atoms with Crippen LogP contribution in [0, 0.1) is 31.6 Å². The molecule has 0 saturated heterocycles. The first kappa shape index (κ1) is 55.1. The molecule has 71 heavy (non-hydrogen) atoms. The largest absolute Gasteiger partial charge is 0.469 e. The molecule has 3 aliphatic rings. The number of hydrogen-bond donors (Lipinski definition) is 3. The molecule has 1 amide bonds. The van der Waals surface area contributed by atoms with Gasteiger partial charge in [0, 0.05) is 63.2 Å². The van der Waals surface area contributed by atoms with Gasteiger partial charge in [-0.1, -0.05) is 124 Å². The second-order valence-electron chi connectivity index (χ2n) is 21.9. The number of aromatic nitrogens is 4. The SMILES string of the molecule is C=Cc1c(C)c2cc3nc(c(CC(=O)OC)c4nc(cc5[nH]c(cc1[nH]2)c(C)c5CC)C(C)=C4C(=O)NC1CCCCC1)C(CCC(=O)OC/C=C(\C)CCCC(C)CCCC(C)CCCC(C)C)C3C. The number of carbonyl (C=O) groups excluding carboxylic acids is 3. The Balaban J connectivity index is 1.31. The second kappa shape index (κ2) is 25.9. The predicted molar refractivity (Wildman–Crippen MR) is 293 cm³/mol. The Morgan fingerprint density at radius 2 is 1.48 bits per heavy atom. The molecule has 4 unspecified atom stereocenters. The lowest BCUT2D eigenvalue weighted by Crippen LogP contribution is -2.36. The minimum absolute atomic E-state index is 0.0546. The molecule has 0 spiro atoms. The van der Waals surface area contributed by atoms with Gasteiger partial charge >= 0.3 is 11.9 Å². The van der Waals surface area contributed by atoms with Crippen molar-refractivity contribution in [3.05, 3.63) is 87.0 Å². The summed E-state index contributed by atoms with van der Waals surface area (Å²) in [7, 11) is 1.38. The van der Waals surface area contributed by atoms with Crippen molar-refractivity contribution in [3.8, 4) is 0 Å². The van der Waals surface area contributed by atoms with E-state index in [9.17, 15) is 14.4 Å². The van der Waals surface area contributed by atoms with Gasteiger partial charge in [0.2, 0.25) is 0 Å². The van der Waals surface area contributed by atoms with E-state index >= 15 is 0 Å². The van der Waals surface area contributed by atoms with Gasteiger partial charge in [0.15, 0.2) is 0 Å². The average molecular weight is 970 g/mol. The molecule has 1 fully saturated rings. The number of allylic oxidation sites excluding steroid dienone is 2. The summed E-state index contributed by atoms with van der Waals surface area (Å²) in [5.41, 5.74) is 13.5. The standard InChI is InChI=1S/C61H87N5O5/c1-13-46-41(8)50-34-52-43(10)48(29-30-56(67)71-32-31-40(7)26-20-25-39(6)24-19-23-38(5)22-18-21-37(3)4)59(65-52)49(33-57(68)70-12)60-58(61(69)62-45-27-16-15-17-28-45)44(11)53(66-60)36-55-47(14-2)42(9)51(64-55)35-54(46)63-50/h13,31,34-39,43,45,48,63-64H,1,14-30,32-33H2,2-12H3,(H,62,69)/b40-31+,50-34?,51-35?,52-34?,53-36?,54-35?,55-36?,59-49?,60-49?. The smallest absolute Gasteiger partial charge is 0.310 e. The van der Waals surface area contributed by atoms with E-state index in [0.29, 0.717) is 40.6 Å². The van der Waals surface area contributed by atoms with Gasteiger partial charge in [-0.25, -0.2) is 4.98 Å². The molecule has 1 aliphatic carbocycles. The van der Waals surface area contributed by atoms with Gasteiger partial charge in [-0.2, -0.15) is 0 Å². The summed E-state index contributed by atoms with van der Waals surface area (Å²) in [6.07, 6.45) is 21.6. The first-order valence-electron chi connectivity index (χ1n) is 27.3. The van der Waals surface area contributed by atoms with Crippen LogP contribution >= 0.6 is 0 Å². The number of hydrogen-bond acceptors (Lipinski definition) is 7. The third-order valence-electron chi connectivity index (χ3n) is 15.9. The Morgan fingerprint density at radius 3 is 2.14 bits per heavy atom. The predicted octanol–water partition coefficient (Wildman–Crippen LogP) is 14.8. The minimum atomic E-state index is -0.465. The normalized spacial score (nSPS) is 17.4. The summed E-state index contributed by atoms with van der Waals surface area (Å²) in [5, 5.41) is 3.36. The Hall–Kier alpha value is -5.25. The highest BCUT2D eigenvalue weighted by molar-refractivity contribution is 6.27. The van der Waals surface area contributed by atoms with Gasteiger partial charge < -0.3 is 24.8 Å². The van der Waals surface area contributed by atoms with Gasteiger partial charge in [-0.3, -0.25) is 19.4 Å². The molecule has 3 N–H and O–H groups in total. The van der Waals surface area contributed by atoms with Crippen LogP contribution in [0.4, 0.5) is 0 Å². The third kappa shape index (κ3) is 14.3. The number of nitrogens with zero attached hydrogens (tertiary/aromatic N) is 2. The van der Waals surface area contributed by atoms with Crippen LogP contribution in [0.2, 0.25) is 0 Å². The van der Waals surface area contributed by atoms with Crippen LogP contribution in [-0.2, 0) is 36.7 Å². The van der Waals surface area contributed by atoms with Gasteiger partial charge in [0.05, 0.1) is 36.2 Å². The Bertz CT molecular complexity index is 2600. The zero-order valence-corrected chi connectivity index (χ0v) is 45.4. The number of nitrogens with one attached hydrogen (secondary N) is 3. The molecular formula is C61H87N5O5. The average Bonchev–Trinajstić information content (AvgIpc) is 4.02. The Kier molecular flexibility index (Phi) is 20.1.